The summed E-state index contributed by atoms with van der Waals surface area (Å²) in [7, 11) is 0.749. The second kappa shape index (κ2) is 7.29. The first kappa shape index (κ1) is 20.3. The topological polar surface area (TPSA) is 82.8 Å². The Morgan fingerprint density at radius 2 is 1.88 bits per heavy atom. The van der Waals surface area contributed by atoms with Crippen molar-refractivity contribution in [1.82, 2.24) is 5.32 Å². The molecule has 6 nitrogen and oxygen atoms in total. The van der Waals surface area contributed by atoms with Crippen molar-refractivity contribution in [2.24, 2.45) is 0 Å². The van der Waals surface area contributed by atoms with Gasteiger partial charge in [-0.25, -0.2) is 4.39 Å². The molecule has 1 aromatic rings. The molecule has 0 atom stereocenters. The monoisotopic (exact) mass is 364 g/mol. The minimum atomic E-state index is -0.713. The highest BCUT2D eigenvalue weighted by molar-refractivity contribution is 6.56. The summed E-state index contributed by atoms with van der Waals surface area (Å²) >= 11 is 0. The molecular weight excluding hydrogens is 338 g/mol. The Morgan fingerprint density at radius 1 is 1.31 bits per heavy atom. The third-order valence-corrected chi connectivity index (χ3v) is 4.79. The van der Waals surface area contributed by atoms with E-state index in [1.807, 2.05) is 27.7 Å². The highest BCUT2D eigenvalue weighted by Gasteiger charge is 2.52. The Bertz CT molecular complexity index is 718. The van der Waals surface area contributed by atoms with Gasteiger partial charge in [0.15, 0.2) is 0 Å². The van der Waals surface area contributed by atoms with Crippen molar-refractivity contribution in [2.75, 3.05) is 19.4 Å². The first-order valence-electron chi connectivity index (χ1n) is 8.40. The summed E-state index contributed by atoms with van der Waals surface area (Å²) in [5.41, 5.74) is 5.70. The van der Waals surface area contributed by atoms with Gasteiger partial charge in [0.2, 0.25) is 5.91 Å². The van der Waals surface area contributed by atoms with Crippen LogP contribution in [0.5, 0.6) is 5.75 Å². The van der Waals surface area contributed by atoms with Gasteiger partial charge in [-0.3, -0.25) is 4.79 Å². The number of hydrogen-bond donors (Lipinski definition) is 2. The van der Waals surface area contributed by atoms with Crippen LogP contribution in [-0.4, -0.2) is 37.9 Å². The maximum absolute atomic E-state index is 14.4. The number of carbonyl (C=O) groups excluding carboxylic acids is 1. The van der Waals surface area contributed by atoms with Crippen LogP contribution >= 0.6 is 0 Å². The van der Waals surface area contributed by atoms with Gasteiger partial charge in [0.05, 0.1) is 24.0 Å². The van der Waals surface area contributed by atoms with E-state index in [4.69, 9.17) is 19.8 Å². The van der Waals surface area contributed by atoms with Crippen molar-refractivity contribution >= 4 is 24.8 Å². The summed E-state index contributed by atoms with van der Waals surface area (Å²) in [6.07, 6.45) is 1.59. The number of halogens is 1. The van der Waals surface area contributed by atoms with Gasteiger partial charge in [-0.15, -0.1) is 0 Å². The molecule has 142 valence electrons. The van der Waals surface area contributed by atoms with Gasteiger partial charge in [0.1, 0.15) is 11.6 Å². The van der Waals surface area contributed by atoms with Crippen LogP contribution in [-0.2, 0) is 14.1 Å². The van der Waals surface area contributed by atoms with E-state index in [9.17, 15) is 9.18 Å². The second-order valence-electron chi connectivity index (χ2n) is 7.33. The molecule has 1 aliphatic rings. The van der Waals surface area contributed by atoms with E-state index in [-0.39, 0.29) is 23.7 Å². The van der Waals surface area contributed by atoms with E-state index in [1.165, 1.54) is 26.2 Å². The lowest BCUT2D eigenvalue weighted by Gasteiger charge is -2.32. The van der Waals surface area contributed by atoms with E-state index in [0.29, 0.717) is 11.2 Å². The summed E-state index contributed by atoms with van der Waals surface area (Å²) in [6, 6.07) is 2.70. The van der Waals surface area contributed by atoms with Gasteiger partial charge >= 0.3 is 7.12 Å². The maximum Gasteiger partial charge on any atom is 0.492 e. The van der Waals surface area contributed by atoms with Crippen LogP contribution in [0.15, 0.2) is 17.6 Å². The van der Waals surface area contributed by atoms with Crippen molar-refractivity contribution in [3.63, 3.8) is 0 Å². The lowest BCUT2D eigenvalue weighted by atomic mass is 9.77. The molecule has 0 saturated carbocycles. The van der Waals surface area contributed by atoms with Crippen molar-refractivity contribution in [3.8, 4) is 5.75 Å². The standard InChI is InChI=1S/C18H26BFN2O4/c1-11(23)22-10-13(19-25-17(2,3)18(4,5)26-19)7-12-8-16(24-6)15(21)9-14(12)20/h7-9H,10,21H2,1-6H3,(H,22,23). The average Bonchev–Trinajstić information content (AvgIpc) is 2.73. The number of methoxy groups -OCH3 is 1. The van der Waals surface area contributed by atoms with Crippen LogP contribution in [0.2, 0.25) is 0 Å². The normalized spacial score (nSPS) is 18.7. The zero-order chi connectivity index (χ0) is 19.7. The van der Waals surface area contributed by atoms with Crippen LogP contribution in [0, 0.1) is 5.82 Å². The maximum atomic E-state index is 14.4. The van der Waals surface area contributed by atoms with Crippen LogP contribution < -0.4 is 15.8 Å². The molecule has 3 N–H and O–H groups in total. The predicted molar refractivity (Wildman–Crippen MR) is 100 cm³/mol. The quantitative estimate of drug-likeness (QED) is 0.620. The Labute approximate surface area is 154 Å². The van der Waals surface area contributed by atoms with Crippen molar-refractivity contribution in [3.05, 3.63) is 29.0 Å². The molecule has 1 aliphatic heterocycles. The Morgan fingerprint density at radius 3 is 2.38 bits per heavy atom. The lowest BCUT2D eigenvalue weighted by molar-refractivity contribution is -0.118. The molecule has 0 spiro atoms. The predicted octanol–water partition coefficient (Wildman–Crippen LogP) is 2.57. The SMILES string of the molecule is COc1cc(C=C(CNC(C)=O)B2OC(C)(C)C(C)(C)O2)c(F)cc1N. The molecule has 26 heavy (non-hydrogen) atoms. The number of anilines is 1. The number of nitrogen functional groups attached to an aromatic ring is 1. The number of nitrogens with two attached hydrogens (primary N) is 1. The number of rotatable bonds is 5. The molecule has 1 heterocycles. The van der Waals surface area contributed by atoms with Gasteiger partial charge in [0.25, 0.3) is 0 Å². The summed E-state index contributed by atoms with van der Waals surface area (Å²) in [6.45, 7) is 9.28. The first-order chi connectivity index (χ1) is 12.0. The number of benzene rings is 1. The van der Waals surface area contributed by atoms with Crippen LogP contribution in [0.3, 0.4) is 0 Å². The molecule has 0 unspecified atom stereocenters. The highest BCUT2D eigenvalue weighted by Crippen LogP contribution is 2.39. The van der Waals surface area contributed by atoms with Crippen molar-refractivity contribution < 1.29 is 23.2 Å². The molecule has 0 radical (unpaired) electrons. The third kappa shape index (κ3) is 4.19. The van der Waals surface area contributed by atoms with Gasteiger partial charge < -0.3 is 25.1 Å². The molecule has 1 fully saturated rings. The van der Waals surface area contributed by atoms with E-state index >= 15 is 0 Å². The summed E-state index contributed by atoms with van der Waals surface area (Å²) < 4.78 is 31.6. The fourth-order valence-electron chi connectivity index (χ4n) is 2.49. The van der Waals surface area contributed by atoms with Crippen molar-refractivity contribution in [1.29, 1.82) is 0 Å². The molecule has 1 saturated heterocycles. The first-order valence-corrected chi connectivity index (χ1v) is 8.40. The Balaban J connectivity index is 2.43. The zero-order valence-electron chi connectivity index (χ0n) is 16.1. The molecule has 0 bridgehead atoms. The molecule has 1 aromatic carbocycles. The van der Waals surface area contributed by atoms with Crippen LogP contribution in [0.25, 0.3) is 6.08 Å². The Hall–Kier alpha value is -2.06. The zero-order valence-corrected chi connectivity index (χ0v) is 16.1. The van der Waals surface area contributed by atoms with Crippen molar-refractivity contribution in [2.45, 2.75) is 45.8 Å². The third-order valence-electron chi connectivity index (χ3n) is 4.79. The molecule has 0 aromatic heterocycles. The molecule has 0 aliphatic carbocycles. The van der Waals surface area contributed by atoms with Gasteiger partial charge in [0, 0.05) is 25.1 Å². The Kier molecular flexibility index (Phi) is 5.68. The number of hydrogen-bond acceptors (Lipinski definition) is 5. The van der Waals surface area contributed by atoms with E-state index in [1.54, 1.807) is 6.08 Å². The summed E-state index contributed by atoms with van der Waals surface area (Å²) in [4.78, 5) is 11.4. The minimum absolute atomic E-state index is 0.165. The summed E-state index contributed by atoms with van der Waals surface area (Å²) in [5.74, 6) is -0.339. The van der Waals surface area contributed by atoms with Crippen LogP contribution in [0.4, 0.5) is 10.1 Å². The van der Waals surface area contributed by atoms with E-state index in [2.05, 4.69) is 5.32 Å². The number of amides is 1. The van der Waals surface area contributed by atoms with Gasteiger partial charge in [-0.2, -0.15) is 0 Å². The summed E-state index contributed by atoms with van der Waals surface area (Å²) in [5, 5.41) is 2.71. The minimum Gasteiger partial charge on any atom is -0.495 e. The largest absolute Gasteiger partial charge is 0.495 e. The van der Waals surface area contributed by atoms with E-state index in [0.717, 1.165) is 0 Å². The molecule has 1 amide bonds. The highest BCUT2D eigenvalue weighted by atomic mass is 19.1. The smallest absolute Gasteiger partial charge is 0.492 e. The molecule has 8 heteroatoms. The molecule has 2 rings (SSSR count). The van der Waals surface area contributed by atoms with Gasteiger partial charge in [-0.05, 0) is 39.2 Å². The lowest BCUT2D eigenvalue weighted by Crippen LogP contribution is -2.41. The van der Waals surface area contributed by atoms with Gasteiger partial charge in [-0.1, -0.05) is 6.08 Å². The van der Waals surface area contributed by atoms with E-state index < -0.39 is 24.1 Å². The van der Waals surface area contributed by atoms with Crippen LogP contribution in [0.1, 0.15) is 40.2 Å². The number of nitrogens with one attached hydrogen (secondary N) is 1. The number of carbonyl (C=O) groups is 1. The fraction of sp³-hybridized carbons (Fsp3) is 0.500. The molecular formula is C18H26BFN2O4. The number of ether oxygens (including phenoxy) is 1. The second-order valence-corrected chi connectivity index (χ2v) is 7.33. The fourth-order valence-corrected chi connectivity index (χ4v) is 2.49. The average molecular weight is 364 g/mol.